The molecule has 0 aliphatic carbocycles. The van der Waals surface area contributed by atoms with E-state index in [4.69, 9.17) is 10.2 Å². The first-order valence-corrected chi connectivity index (χ1v) is 2.24. The summed E-state index contributed by atoms with van der Waals surface area (Å²) >= 11 is 0. The number of aliphatic carboxylic acids is 2. The van der Waals surface area contributed by atoms with Gasteiger partial charge in [-0.1, -0.05) is 0 Å². The van der Waals surface area contributed by atoms with Gasteiger partial charge in [-0.05, 0) is 0 Å². The molecule has 0 amide bonds. The van der Waals surface area contributed by atoms with Gasteiger partial charge >= 0.3 is 80.9 Å². The van der Waals surface area contributed by atoms with Crippen molar-refractivity contribution in [2.75, 3.05) is 0 Å². The molecular formula is C4H8Cl4KNaO6. The number of halogens is 4. The monoisotopic (exact) mass is 354 g/mol. The number of aliphatic hydroxyl groups excluding tert-OH is 2. The summed E-state index contributed by atoms with van der Waals surface area (Å²) in [5, 5.41) is 35.7. The predicted molar refractivity (Wildman–Crippen MR) is 51.0 cm³/mol. The van der Waals surface area contributed by atoms with Gasteiger partial charge in [0.1, 0.15) is 12.2 Å². The normalized spacial score (nSPS) is 9.88. The molecule has 0 aromatic rings. The van der Waals surface area contributed by atoms with Crippen LogP contribution in [0.3, 0.4) is 0 Å². The molecule has 0 heterocycles. The van der Waals surface area contributed by atoms with Gasteiger partial charge in [0.2, 0.25) is 0 Å². The molecule has 0 fully saturated rings. The molecule has 0 bridgehead atoms. The summed E-state index contributed by atoms with van der Waals surface area (Å²) in [6, 6.07) is 0. The van der Waals surface area contributed by atoms with Gasteiger partial charge in [0.15, 0.2) is 0 Å². The first-order valence-electron chi connectivity index (χ1n) is 2.24. The van der Waals surface area contributed by atoms with Crippen molar-refractivity contribution in [3.8, 4) is 0 Å². The van der Waals surface area contributed by atoms with E-state index in [0.29, 0.717) is 0 Å². The molecule has 12 heteroatoms. The molecule has 0 aliphatic heterocycles. The van der Waals surface area contributed by atoms with E-state index in [1.807, 2.05) is 0 Å². The zero-order valence-corrected chi connectivity index (χ0v) is 16.7. The summed E-state index contributed by atoms with van der Waals surface area (Å²) in [4.78, 5) is 19.3. The Morgan fingerprint density at radius 3 is 1.00 bits per heavy atom. The molecule has 0 aromatic heterocycles. The van der Waals surface area contributed by atoms with E-state index in [1.54, 1.807) is 0 Å². The van der Waals surface area contributed by atoms with Gasteiger partial charge in [-0.25, -0.2) is 0 Å². The molecule has 0 radical (unpaired) electrons. The second-order valence-electron chi connectivity index (χ2n) is 1.53. The first-order chi connectivity index (χ1) is 4.46. The smallest absolute Gasteiger partial charge is 0.547 e. The number of hydrogen-bond donors (Lipinski definition) is 2. The van der Waals surface area contributed by atoms with Crippen molar-refractivity contribution < 1.29 is 111 Å². The number of carbonyl (C=O) groups is 2. The largest absolute Gasteiger partial charge is 1.00 e. The van der Waals surface area contributed by atoms with E-state index in [9.17, 15) is 19.8 Å². The average Bonchev–Trinajstić information content (AvgIpc) is 1.84. The van der Waals surface area contributed by atoms with Crippen molar-refractivity contribution in [3.05, 3.63) is 0 Å². The number of carboxylic acids is 2. The number of carbonyl (C=O) groups excluding carboxylic acids is 2. The summed E-state index contributed by atoms with van der Waals surface area (Å²) < 4.78 is 0. The van der Waals surface area contributed by atoms with E-state index in [2.05, 4.69) is 0 Å². The number of aliphatic hydroxyl groups is 2. The van der Waals surface area contributed by atoms with Gasteiger partial charge in [-0.15, -0.1) is 49.6 Å². The standard InChI is InChI=1S/C4H6O6.4ClH.K.Na/c5-1(3(7)8)2(6)4(9)10;;;;;;/h1-2,5-6H,(H,7,8)(H,9,10);4*1H;;/q;;;;;2*+1/p-2. The molecule has 2 atom stereocenters. The van der Waals surface area contributed by atoms with E-state index in [1.165, 1.54) is 0 Å². The summed E-state index contributed by atoms with van der Waals surface area (Å²) in [6.07, 6.45) is -4.88. The van der Waals surface area contributed by atoms with Gasteiger partial charge in [-0.2, -0.15) is 0 Å². The van der Waals surface area contributed by atoms with E-state index >= 15 is 0 Å². The third kappa shape index (κ3) is 19.0. The van der Waals surface area contributed by atoms with Crippen molar-refractivity contribution in [1.82, 2.24) is 0 Å². The SMILES string of the molecule is Cl.Cl.Cl.Cl.O=C([O-])C(O)C(O)C(=O)[O-].[K+].[Na+]. The van der Waals surface area contributed by atoms with Crippen LogP contribution in [0.4, 0.5) is 0 Å². The van der Waals surface area contributed by atoms with Crippen LogP contribution < -0.4 is 91.2 Å². The minimum absolute atomic E-state index is 0. The second kappa shape index (κ2) is 22.8. The van der Waals surface area contributed by atoms with Crippen LogP contribution in [-0.4, -0.2) is 34.4 Å². The Hall–Kier alpha value is 2.66. The Morgan fingerprint density at radius 2 is 0.938 bits per heavy atom. The third-order valence-corrected chi connectivity index (χ3v) is 0.782. The minimum atomic E-state index is -2.44. The zero-order valence-electron chi connectivity index (χ0n) is 8.32. The molecule has 0 saturated carbocycles. The Bertz CT molecular complexity index is 157. The maximum Gasteiger partial charge on any atom is 1.00 e. The third-order valence-electron chi connectivity index (χ3n) is 0.782. The second-order valence-corrected chi connectivity index (χ2v) is 1.53. The minimum Gasteiger partial charge on any atom is -0.547 e. The van der Waals surface area contributed by atoms with Gasteiger partial charge in [0.05, 0.1) is 11.9 Å². The average molecular weight is 356 g/mol. The Labute approximate surface area is 181 Å². The van der Waals surface area contributed by atoms with Crippen LogP contribution in [0.5, 0.6) is 0 Å². The van der Waals surface area contributed by atoms with Gasteiger partial charge < -0.3 is 30.0 Å². The fraction of sp³-hybridized carbons (Fsp3) is 0.500. The van der Waals surface area contributed by atoms with Crippen LogP contribution >= 0.6 is 49.6 Å². The molecule has 0 spiro atoms. The Kier molecular flexibility index (Phi) is 61.0. The maximum absolute atomic E-state index is 9.63. The van der Waals surface area contributed by atoms with Crippen molar-refractivity contribution in [2.24, 2.45) is 0 Å². The summed E-state index contributed by atoms with van der Waals surface area (Å²) in [5.74, 6) is -4.12. The summed E-state index contributed by atoms with van der Waals surface area (Å²) in [5.41, 5.74) is 0. The van der Waals surface area contributed by atoms with Crippen LogP contribution in [0, 0.1) is 0 Å². The quantitative estimate of drug-likeness (QED) is 0.485. The molecular weight excluding hydrogens is 348 g/mol. The van der Waals surface area contributed by atoms with Crippen molar-refractivity contribution >= 4 is 61.6 Å². The molecule has 2 unspecified atom stereocenters. The number of hydrogen-bond acceptors (Lipinski definition) is 6. The predicted octanol–water partition coefficient (Wildman–Crippen LogP) is -9.10. The molecule has 6 nitrogen and oxygen atoms in total. The molecule has 2 N–H and O–H groups in total. The number of carboxylic acid groups (broad SMARTS) is 2. The molecule has 16 heavy (non-hydrogen) atoms. The van der Waals surface area contributed by atoms with E-state index in [0.717, 1.165) is 0 Å². The fourth-order valence-corrected chi connectivity index (χ4v) is 0.258. The Balaban J connectivity index is -0.0000000270. The summed E-state index contributed by atoms with van der Waals surface area (Å²) in [7, 11) is 0. The topological polar surface area (TPSA) is 121 Å². The van der Waals surface area contributed by atoms with Crippen molar-refractivity contribution in [2.45, 2.75) is 12.2 Å². The van der Waals surface area contributed by atoms with Crippen LogP contribution in [0.1, 0.15) is 0 Å². The summed E-state index contributed by atoms with van der Waals surface area (Å²) in [6.45, 7) is 0. The van der Waals surface area contributed by atoms with E-state index < -0.39 is 24.1 Å². The molecule has 90 valence electrons. The van der Waals surface area contributed by atoms with Gasteiger partial charge in [0.25, 0.3) is 0 Å². The fourth-order valence-electron chi connectivity index (χ4n) is 0.258. The van der Waals surface area contributed by atoms with Gasteiger partial charge in [-0.3, -0.25) is 0 Å². The van der Waals surface area contributed by atoms with Crippen molar-refractivity contribution in [3.63, 3.8) is 0 Å². The van der Waals surface area contributed by atoms with E-state index in [-0.39, 0.29) is 131 Å². The van der Waals surface area contributed by atoms with Crippen LogP contribution in [-0.2, 0) is 9.59 Å². The van der Waals surface area contributed by atoms with Crippen LogP contribution in [0.15, 0.2) is 0 Å². The molecule has 0 saturated heterocycles. The van der Waals surface area contributed by atoms with Gasteiger partial charge in [0, 0.05) is 0 Å². The molecule has 0 rings (SSSR count). The van der Waals surface area contributed by atoms with Crippen LogP contribution in [0.25, 0.3) is 0 Å². The molecule has 0 aliphatic rings. The maximum atomic E-state index is 9.63. The Morgan fingerprint density at radius 1 is 0.812 bits per heavy atom. The zero-order chi connectivity index (χ0) is 8.31. The van der Waals surface area contributed by atoms with Crippen LogP contribution in [0.2, 0.25) is 0 Å². The van der Waals surface area contributed by atoms with Crippen molar-refractivity contribution in [1.29, 1.82) is 0 Å². The molecule has 0 aromatic carbocycles. The number of rotatable bonds is 3. The first kappa shape index (κ1) is 42.8.